The lowest BCUT2D eigenvalue weighted by molar-refractivity contribution is 0.100. The summed E-state index contributed by atoms with van der Waals surface area (Å²) >= 11 is 0. The Balaban J connectivity index is 1.51. The first-order valence-electron chi connectivity index (χ1n) is 10.2. The maximum absolute atomic E-state index is 13.1. The Labute approximate surface area is 185 Å². The number of halogens is 1. The van der Waals surface area contributed by atoms with Gasteiger partial charge in [0.05, 0.1) is 12.0 Å². The lowest BCUT2D eigenvalue weighted by Gasteiger charge is -2.21. The number of H-pyrrole nitrogens is 1. The minimum Gasteiger partial charge on any atom is -0.348 e. The van der Waals surface area contributed by atoms with Crippen molar-refractivity contribution < 1.29 is 9.18 Å². The van der Waals surface area contributed by atoms with Crippen LogP contribution in [0.1, 0.15) is 16.1 Å². The van der Waals surface area contributed by atoms with Crippen molar-refractivity contribution in [3.63, 3.8) is 0 Å². The highest BCUT2D eigenvalue weighted by Crippen LogP contribution is 2.22. The first kappa shape index (κ1) is 21.1. The van der Waals surface area contributed by atoms with E-state index in [1.165, 1.54) is 30.6 Å². The number of hydrogen-bond donors (Lipinski definition) is 2. The molecule has 0 atom stereocenters. The number of rotatable bonds is 8. The summed E-state index contributed by atoms with van der Waals surface area (Å²) in [6, 6.07) is 23.4. The van der Waals surface area contributed by atoms with Crippen LogP contribution in [-0.4, -0.2) is 28.8 Å². The highest BCUT2D eigenvalue weighted by Gasteiger charge is 2.08. The minimum atomic E-state index is -0.453. The molecular weight excluding hydrogens is 405 g/mol. The van der Waals surface area contributed by atoms with E-state index in [0.29, 0.717) is 12.1 Å². The smallest absolute Gasteiger partial charge is 0.278 e. The van der Waals surface area contributed by atoms with Crippen LogP contribution in [0.25, 0.3) is 11.1 Å². The van der Waals surface area contributed by atoms with Crippen molar-refractivity contribution in [2.24, 2.45) is 4.99 Å². The maximum atomic E-state index is 13.1. The number of aliphatic imine (C=N–C) groups is 1. The van der Waals surface area contributed by atoms with Crippen LogP contribution >= 0.6 is 0 Å². The third kappa shape index (κ3) is 5.53. The molecule has 4 rings (SSSR count). The molecule has 32 heavy (non-hydrogen) atoms. The molecule has 0 spiro atoms. The van der Waals surface area contributed by atoms with Crippen molar-refractivity contribution in [3.8, 4) is 11.1 Å². The molecule has 0 fully saturated rings. The molecule has 160 valence electrons. The number of carbonyl (C=O) groups is 1. The Morgan fingerprint density at radius 2 is 1.72 bits per heavy atom. The average molecular weight is 427 g/mol. The van der Waals surface area contributed by atoms with Crippen molar-refractivity contribution in [3.05, 3.63) is 108 Å². The summed E-state index contributed by atoms with van der Waals surface area (Å²) in [6.07, 6.45) is 5.57. The monoisotopic (exact) mass is 427 g/mol. The number of hydrogen-bond acceptors (Lipinski definition) is 3. The molecule has 6 nitrogen and oxygen atoms in total. The molecule has 3 aromatic carbocycles. The molecular formula is C25H22FN5O. The zero-order valence-electron chi connectivity index (χ0n) is 17.3. The van der Waals surface area contributed by atoms with E-state index in [2.05, 4.69) is 32.5 Å². The van der Waals surface area contributed by atoms with Gasteiger partial charge in [-0.25, -0.2) is 14.8 Å². The molecule has 0 aliphatic heterocycles. The fraction of sp³-hybridized carbons (Fsp3) is 0.0800. The zero-order valence-corrected chi connectivity index (χ0v) is 17.3. The van der Waals surface area contributed by atoms with Gasteiger partial charge in [0.2, 0.25) is 0 Å². The number of amides is 1. The second-order valence-corrected chi connectivity index (χ2v) is 7.07. The number of imidazole rings is 1. The predicted molar refractivity (Wildman–Crippen MR) is 124 cm³/mol. The molecule has 2 N–H and O–H groups in total. The lowest BCUT2D eigenvalue weighted by atomic mass is 10.1. The Bertz CT molecular complexity index is 1160. The Morgan fingerprint density at radius 1 is 1.00 bits per heavy atom. The molecule has 0 bridgehead atoms. The standard InChI is InChI=1S/C25H22FN5O/c26-22-10-6-21(7-11-22)25(32)29-18-31(30-15-14-23-16-27-17-28-23)24-12-8-20(9-13-24)19-4-2-1-3-5-19/h1-13,16-18,30H,14-15H2,(H,27,28). The molecule has 0 unspecified atom stereocenters. The molecule has 0 saturated carbocycles. The molecule has 1 heterocycles. The number of carbonyl (C=O) groups excluding carboxylic acids is 1. The topological polar surface area (TPSA) is 73.4 Å². The molecule has 0 radical (unpaired) electrons. The summed E-state index contributed by atoms with van der Waals surface area (Å²) in [4.78, 5) is 23.5. The number of hydrazine groups is 1. The number of nitrogens with one attached hydrogen (secondary N) is 2. The summed E-state index contributed by atoms with van der Waals surface area (Å²) in [6.45, 7) is 0.597. The SMILES string of the molecule is O=C(N=CN(NCCc1cnc[nH]1)c1ccc(-c2ccccc2)cc1)c1ccc(F)cc1. The van der Waals surface area contributed by atoms with Gasteiger partial charge in [-0.15, -0.1) is 0 Å². The van der Waals surface area contributed by atoms with Crippen molar-refractivity contribution in [1.82, 2.24) is 15.4 Å². The lowest BCUT2D eigenvalue weighted by Crippen LogP contribution is -2.38. The largest absolute Gasteiger partial charge is 0.348 e. The van der Waals surface area contributed by atoms with Crippen molar-refractivity contribution in [2.75, 3.05) is 11.6 Å². The van der Waals surface area contributed by atoms with E-state index in [9.17, 15) is 9.18 Å². The fourth-order valence-electron chi connectivity index (χ4n) is 3.15. The Morgan fingerprint density at radius 3 is 2.41 bits per heavy atom. The molecule has 7 heteroatoms. The van der Waals surface area contributed by atoms with Crippen LogP contribution in [0, 0.1) is 5.82 Å². The van der Waals surface area contributed by atoms with Crippen LogP contribution in [0.5, 0.6) is 0 Å². The van der Waals surface area contributed by atoms with Crippen LogP contribution in [0.15, 0.2) is 96.4 Å². The molecule has 0 saturated heterocycles. The van der Waals surface area contributed by atoms with E-state index < -0.39 is 11.7 Å². The number of benzene rings is 3. The van der Waals surface area contributed by atoms with Crippen molar-refractivity contribution in [2.45, 2.75) is 6.42 Å². The van der Waals surface area contributed by atoms with E-state index >= 15 is 0 Å². The van der Waals surface area contributed by atoms with Crippen LogP contribution in [0.2, 0.25) is 0 Å². The van der Waals surface area contributed by atoms with Gasteiger partial charge in [0.1, 0.15) is 12.2 Å². The summed E-state index contributed by atoms with van der Waals surface area (Å²) in [5.74, 6) is -0.850. The maximum Gasteiger partial charge on any atom is 0.278 e. The quantitative estimate of drug-likeness (QED) is 0.244. The number of nitrogens with zero attached hydrogens (tertiary/aromatic N) is 3. The molecule has 0 aliphatic carbocycles. The number of anilines is 1. The Kier molecular flexibility index (Phi) is 6.79. The van der Waals surface area contributed by atoms with Crippen LogP contribution in [0.3, 0.4) is 0 Å². The second-order valence-electron chi connectivity index (χ2n) is 7.07. The van der Waals surface area contributed by atoms with E-state index in [1.807, 2.05) is 42.5 Å². The highest BCUT2D eigenvalue weighted by molar-refractivity contribution is 6.00. The van der Waals surface area contributed by atoms with Gasteiger partial charge in [-0.05, 0) is 47.5 Å². The van der Waals surface area contributed by atoms with E-state index in [4.69, 9.17) is 0 Å². The normalized spacial score (nSPS) is 11.0. The highest BCUT2D eigenvalue weighted by atomic mass is 19.1. The summed E-state index contributed by atoms with van der Waals surface area (Å²) < 4.78 is 13.1. The minimum absolute atomic E-state index is 0.319. The Hall–Kier alpha value is -4.10. The van der Waals surface area contributed by atoms with Gasteiger partial charge in [-0.3, -0.25) is 9.80 Å². The average Bonchev–Trinajstić information content (AvgIpc) is 3.36. The molecule has 1 amide bonds. The first-order chi connectivity index (χ1) is 15.7. The van der Waals surface area contributed by atoms with E-state index in [-0.39, 0.29) is 0 Å². The van der Waals surface area contributed by atoms with Gasteiger partial charge in [-0.1, -0.05) is 42.5 Å². The molecule has 1 aromatic heterocycles. The van der Waals surface area contributed by atoms with Crippen molar-refractivity contribution >= 4 is 17.9 Å². The molecule has 4 aromatic rings. The van der Waals surface area contributed by atoms with E-state index in [1.54, 1.807) is 17.5 Å². The van der Waals surface area contributed by atoms with Gasteiger partial charge in [0.15, 0.2) is 0 Å². The molecule has 0 aliphatic rings. The second kappa shape index (κ2) is 10.3. The van der Waals surface area contributed by atoms with Gasteiger partial charge in [0, 0.05) is 30.4 Å². The van der Waals surface area contributed by atoms with Gasteiger partial charge in [0.25, 0.3) is 5.91 Å². The third-order valence-electron chi connectivity index (χ3n) is 4.87. The fourth-order valence-corrected chi connectivity index (χ4v) is 3.15. The van der Waals surface area contributed by atoms with E-state index in [0.717, 1.165) is 28.9 Å². The van der Waals surface area contributed by atoms with Crippen LogP contribution < -0.4 is 10.4 Å². The van der Waals surface area contributed by atoms with Crippen LogP contribution in [-0.2, 0) is 6.42 Å². The summed E-state index contributed by atoms with van der Waals surface area (Å²) in [5.41, 5.74) is 7.63. The van der Waals surface area contributed by atoms with Gasteiger partial charge < -0.3 is 4.98 Å². The van der Waals surface area contributed by atoms with Gasteiger partial charge >= 0.3 is 0 Å². The summed E-state index contributed by atoms with van der Waals surface area (Å²) in [5, 5.41) is 1.70. The number of aromatic nitrogens is 2. The number of aromatic amines is 1. The predicted octanol–water partition coefficient (Wildman–Crippen LogP) is 4.64. The third-order valence-corrected chi connectivity index (χ3v) is 4.87. The van der Waals surface area contributed by atoms with Crippen LogP contribution in [0.4, 0.5) is 10.1 Å². The zero-order chi connectivity index (χ0) is 22.2. The summed E-state index contributed by atoms with van der Waals surface area (Å²) in [7, 11) is 0. The first-order valence-corrected chi connectivity index (χ1v) is 10.2. The van der Waals surface area contributed by atoms with Gasteiger partial charge in [-0.2, -0.15) is 4.99 Å². The van der Waals surface area contributed by atoms with Crippen molar-refractivity contribution in [1.29, 1.82) is 0 Å².